The smallest absolute Gasteiger partial charge is 0.119 e. The van der Waals surface area contributed by atoms with E-state index in [1.807, 2.05) is 19.1 Å². The highest BCUT2D eigenvalue weighted by Gasteiger charge is 1.99. The summed E-state index contributed by atoms with van der Waals surface area (Å²) in [6, 6.07) is 8.14. The molecule has 0 fully saturated rings. The van der Waals surface area contributed by atoms with Crippen molar-refractivity contribution in [2.24, 2.45) is 0 Å². The molecule has 3 nitrogen and oxygen atoms in total. The number of rotatable bonds is 8. The highest BCUT2D eigenvalue weighted by molar-refractivity contribution is 5.27. The molecule has 0 aliphatic carbocycles. The summed E-state index contributed by atoms with van der Waals surface area (Å²) in [5.41, 5.74) is 1.23. The number of benzene rings is 1. The Hall–Kier alpha value is -1.06. The molecule has 0 aromatic heterocycles. The van der Waals surface area contributed by atoms with Crippen molar-refractivity contribution >= 4 is 0 Å². The second-order valence-electron chi connectivity index (χ2n) is 4.17. The van der Waals surface area contributed by atoms with Crippen LogP contribution < -0.4 is 4.74 Å². The minimum atomic E-state index is 0.714. The van der Waals surface area contributed by atoms with Crippen LogP contribution in [0, 0.1) is 6.92 Å². The molecule has 96 valence electrons. The number of ether oxygens (including phenoxy) is 2. The first-order valence-electron chi connectivity index (χ1n) is 6.18. The van der Waals surface area contributed by atoms with Crippen molar-refractivity contribution in [2.45, 2.75) is 13.8 Å². The summed E-state index contributed by atoms with van der Waals surface area (Å²) in [7, 11) is 2.08. The Bertz CT molecular complexity index is 315. The van der Waals surface area contributed by atoms with E-state index in [2.05, 4.69) is 31.0 Å². The van der Waals surface area contributed by atoms with Crippen LogP contribution in [0.25, 0.3) is 0 Å². The molecule has 1 aromatic rings. The van der Waals surface area contributed by atoms with Gasteiger partial charge >= 0.3 is 0 Å². The summed E-state index contributed by atoms with van der Waals surface area (Å²) in [6.45, 7) is 8.24. The van der Waals surface area contributed by atoms with Crippen LogP contribution in [0.15, 0.2) is 24.3 Å². The van der Waals surface area contributed by atoms with E-state index in [-0.39, 0.29) is 0 Å². The van der Waals surface area contributed by atoms with Crippen LogP contribution in [0.2, 0.25) is 0 Å². The first-order valence-corrected chi connectivity index (χ1v) is 6.18. The molecule has 0 amide bonds. The predicted octanol–water partition coefficient (Wildman–Crippen LogP) is 2.34. The fourth-order valence-electron chi connectivity index (χ4n) is 1.50. The second-order valence-corrected chi connectivity index (χ2v) is 4.17. The zero-order valence-electron chi connectivity index (χ0n) is 11.1. The molecule has 17 heavy (non-hydrogen) atoms. The Balaban J connectivity index is 2.14. The van der Waals surface area contributed by atoms with Crippen LogP contribution in [0.1, 0.15) is 12.5 Å². The van der Waals surface area contributed by atoms with Gasteiger partial charge in [0.2, 0.25) is 0 Å². The van der Waals surface area contributed by atoms with Crippen molar-refractivity contribution in [1.29, 1.82) is 0 Å². The van der Waals surface area contributed by atoms with Gasteiger partial charge in [0.15, 0.2) is 0 Å². The van der Waals surface area contributed by atoms with Crippen LogP contribution in [-0.2, 0) is 4.74 Å². The molecule has 0 saturated carbocycles. The molecule has 0 bridgehead atoms. The first kappa shape index (κ1) is 14.0. The molecular weight excluding hydrogens is 214 g/mol. The highest BCUT2D eigenvalue weighted by atomic mass is 16.5. The lowest BCUT2D eigenvalue weighted by molar-refractivity contribution is 0.116. The third-order valence-corrected chi connectivity index (χ3v) is 2.55. The van der Waals surface area contributed by atoms with Gasteiger partial charge in [0.1, 0.15) is 12.4 Å². The number of hydrogen-bond acceptors (Lipinski definition) is 3. The van der Waals surface area contributed by atoms with Gasteiger partial charge in [-0.3, -0.25) is 0 Å². The molecule has 0 aliphatic rings. The lowest BCUT2D eigenvalue weighted by Crippen LogP contribution is -2.27. The number of likely N-dealkylation sites (N-methyl/N-ethyl adjacent to an activating group) is 1. The lowest BCUT2D eigenvalue weighted by atomic mass is 10.2. The van der Waals surface area contributed by atoms with E-state index in [1.54, 1.807) is 0 Å². The third-order valence-electron chi connectivity index (χ3n) is 2.55. The molecule has 0 spiro atoms. The maximum atomic E-state index is 5.68. The minimum Gasteiger partial charge on any atom is -0.492 e. The summed E-state index contributed by atoms with van der Waals surface area (Å²) in [4.78, 5) is 2.21. The molecule has 0 aliphatic heterocycles. The van der Waals surface area contributed by atoms with Crippen molar-refractivity contribution in [1.82, 2.24) is 4.90 Å². The predicted molar refractivity (Wildman–Crippen MR) is 70.7 cm³/mol. The van der Waals surface area contributed by atoms with Crippen molar-refractivity contribution < 1.29 is 9.47 Å². The highest BCUT2D eigenvalue weighted by Crippen LogP contribution is 2.11. The van der Waals surface area contributed by atoms with E-state index in [4.69, 9.17) is 9.47 Å². The number of nitrogens with zero attached hydrogens (tertiary/aromatic N) is 1. The van der Waals surface area contributed by atoms with Crippen LogP contribution >= 0.6 is 0 Å². The Morgan fingerprint density at radius 1 is 1.18 bits per heavy atom. The number of hydrogen-bond donors (Lipinski definition) is 0. The van der Waals surface area contributed by atoms with E-state index in [1.165, 1.54) is 5.56 Å². The van der Waals surface area contributed by atoms with Crippen molar-refractivity contribution in [3.63, 3.8) is 0 Å². The summed E-state index contributed by atoms with van der Waals surface area (Å²) in [6.07, 6.45) is 0. The molecule has 0 heterocycles. The standard InChI is InChI=1S/C14H23NO2/c1-4-16-10-8-15(3)9-11-17-14-7-5-6-13(2)12-14/h5-7,12H,4,8-11H2,1-3H3. The van der Waals surface area contributed by atoms with Gasteiger partial charge in [0.25, 0.3) is 0 Å². The molecule has 0 radical (unpaired) electrons. The molecule has 0 saturated heterocycles. The molecule has 0 N–H and O–H groups in total. The number of aryl methyl sites for hydroxylation is 1. The summed E-state index contributed by atoms with van der Waals surface area (Å²) < 4.78 is 11.0. The maximum absolute atomic E-state index is 5.68. The summed E-state index contributed by atoms with van der Waals surface area (Å²) in [5, 5.41) is 0. The average Bonchev–Trinajstić information content (AvgIpc) is 2.29. The van der Waals surface area contributed by atoms with Crippen molar-refractivity contribution in [2.75, 3.05) is 40.0 Å². The van der Waals surface area contributed by atoms with Gasteiger partial charge in [-0.15, -0.1) is 0 Å². The van der Waals surface area contributed by atoms with Gasteiger partial charge in [-0.05, 0) is 38.6 Å². The van der Waals surface area contributed by atoms with Crippen molar-refractivity contribution in [3.8, 4) is 5.75 Å². The topological polar surface area (TPSA) is 21.7 Å². The second kappa shape index (κ2) is 8.09. The molecule has 1 aromatic carbocycles. The quantitative estimate of drug-likeness (QED) is 0.648. The van der Waals surface area contributed by atoms with Gasteiger partial charge in [-0.1, -0.05) is 12.1 Å². The Morgan fingerprint density at radius 3 is 2.65 bits per heavy atom. The van der Waals surface area contributed by atoms with Gasteiger partial charge in [-0.25, -0.2) is 0 Å². The van der Waals surface area contributed by atoms with Gasteiger partial charge in [0.05, 0.1) is 6.61 Å². The SMILES string of the molecule is CCOCCN(C)CCOc1cccc(C)c1. The Labute approximate surface area is 104 Å². The minimum absolute atomic E-state index is 0.714. The van der Waals surface area contributed by atoms with E-state index in [9.17, 15) is 0 Å². The van der Waals surface area contributed by atoms with Crippen LogP contribution in [-0.4, -0.2) is 44.9 Å². The van der Waals surface area contributed by atoms with Crippen LogP contribution in [0.3, 0.4) is 0 Å². The summed E-state index contributed by atoms with van der Waals surface area (Å²) in [5.74, 6) is 0.947. The lowest BCUT2D eigenvalue weighted by Gasteiger charge is -2.16. The Kier molecular flexibility index (Phi) is 6.67. The fourth-order valence-corrected chi connectivity index (χ4v) is 1.50. The van der Waals surface area contributed by atoms with E-state index < -0.39 is 0 Å². The third kappa shape index (κ3) is 6.29. The molecule has 3 heteroatoms. The molecular formula is C14H23NO2. The average molecular weight is 237 g/mol. The van der Waals surface area contributed by atoms with E-state index in [0.29, 0.717) is 6.61 Å². The largest absolute Gasteiger partial charge is 0.492 e. The van der Waals surface area contributed by atoms with E-state index >= 15 is 0 Å². The molecule has 0 unspecified atom stereocenters. The van der Waals surface area contributed by atoms with E-state index in [0.717, 1.165) is 32.1 Å². The van der Waals surface area contributed by atoms with Gasteiger partial charge in [0, 0.05) is 19.7 Å². The monoisotopic (exact) mass is 237 g/mol. The molecule has 0 atom stereocenters. The van der Waals surface area contributed by atoms with Crippen molar-refractivity contribution in [3.05, 3.63) is 29.8 Å². The first-order chi connectivity index (χ1) is 8.22. The normalized spacial score (nSPS) is 10.8. The zero-order chi connectivity index (χ0) is 12.5. The molecule has 1 rings (SSSR count). The van der Waals surface area contributed by atoms with Crippen LogP contribution in [0.5, 0.6) is 5.75 Å². The van der Waals surface area contributed by atoms with Gasteiger partial charge < -0.3 is 14.4 Å². The van der Waals surface area contributed by atoms with Gasteiger partial charge in [-0.2, -0.15) is 0 Å². The maximum Gasteiger partial charge on any atom is 0.119 e. The zero-order valence-corrected chi connectivity index (χ0v) is 11.1. The Morgan fingerprint density at radius 2 is 1.94 bits per heavy atom. The summed E-state index contributed by atoms with van der Waals surface area (Å²) >= 11 is 0. The fraction of sp³-hybridized carbons (Fsp3) is 0.571. The van der Waals surface area contributed by atoms with Crippen LogP contribution in [0.4, 0.5) is 0 Å².